The number of aromatic nitrogens is 3. The molecule has 0 aliphatic carbocycles. The molecule has 1 aromatic heterocycles. The summed E-state index contributed by atoms with van der Waals surface area (Å²) < 4.78 is 1.58. The molecule has 2 aliphatic heterocycles. The first-order valence-corrected chi connectivity index (χ1v) is 8.07. The van der Waals surface area contributed by atoms with Gasteiger partial charge in [0.1, 0.15) is 11.4 Å². The third kappa shape index (κ3) is 2.10. The number of hydrogen-bond donors (Lipinski definition) is 1. The van der Waals surface area contributed by atoms with Crippen molar-refractivity contribution in [2.24, 2.45) is 0 Å². The molecule has 1 amide bonds. The quantitative estimate of drug-likeness (QED) is 0.902. The zero-order chi connectivity index (χ0) is 17.8. The fourth-order valence-electron chi connectivity index (χ4n) is 3.76. The fraction of sp³-hybridized carbons (Fsp3) is 0.353. The van der Waals surface area contributed by atoms with E-state index >= 15 is 0 Å². The molecule has 25 heavy (non-hydrogen) atoms. The number of anilines is 1. The number of hydrogen-bond acceptors (Lipinski definition) is 5. The normalized spacial score (nSPS) is 20.8. The lowest BCUT2D eigenvalue weighted by molar-refractivity contribution is -0.137. The lowest BCUT2D eigenvalue weighted by Crippen LogP contribution is -2.53. The molecule has 2 aliphatic rings. The Morgan fingerprint density at radius 2 is 2.08 bits per heavy atom. The minimum atomic E-state index is -0.945. The van der Waals surface area contributed by atoms with Crippen molar-refractivity contribution < 1.29 is 14.7 Å². The zero-order valence-corrected chi connectivity index (χ0v) is 13.6. The van der Waals surface area contributed by atoms with Crippen molar-refractivity contribution >= 4 is 17.6 Å². The van der Waals surface area contributed by atoms with E-state index in [4.69, 9.17) is 5.11 Å². The molecule has 0 bridgehead atoms. The Morgan fingerprint density at radius 3 is 2.84 bits per heavy atom. The number of carboxylic acid groups (broad SMARTS) is 1. The van der Waals surface area contributed by atoms with Crippen LogP contribution < -0.4 is 10.5 Å². The number of nitrogens with zero attached hydrogens (tertiary/aromatic N) is 4. The maximum atomic E-state index is 12.6. The average Bonchev–Trinajstić information content (AvgIpc) is 2.93. The Morgan fingerprint density at radius 1 is 1.32 bits per heavy atom. The van der Waals surface area contributed by atoms with Crippen molar-refractivity contribution in [3.05, 3.63) is 40.3 Å². The Kier molecular flexibility index (Phi) is 3.24. The molecule has 1 aromatic carbocycles. The van der Waals surface area contributed by atoms with Gasteiger partial charge in [-0.3, -0.25) is 19.3 Å². The van der Waals surface area contributed by atoms with Crippen molar-refractivity contribution in [3.63, 3.8) is 0 Å². The van der Waals surface area contributed by atoms with Gasteiger partial charge in [-0.25, -0.2) is 4.68 Å². The zero-order valence-electron chi connectivity index (χ0n) is 13.6. The summed E-state index contributed by atoms with van der Waals surface area (Å²) in [5.74, 6) is -0.649. The fourth-order valence-corrected chi connectivity index (χ4v) is 3.76. The third-order valence-electron chi connectivity index (χ3n) is 4.89. The number of para-hydroxylation sites is 1. The standard InChI is InChI=1S/C17H16N4O4/c1-10-16(25)18-15-11-4-2-3-5-12(11)20-13(22)6-8-17(20,21(15)19-10)9-7-14(23)24/h2-5H,6-9H2,1H3,(H,23,24)/t17-/m0/s1. The second kappa shape index (κ2) is 5.23. The predicted octanol–water partition coefficient (Wildman–Crippen LogP) is 1.27. The van der Waals surface area contributed by atoms with E-state index in [1.165, 1.54) is 0 Å². The highest BCUT2D eigenvalue weighted by molar-refractivity contribution is 6.01. The van der Waals surface area contributed by atoms with Crippen molar-refractivity contribution in [1.29, 1.82) is 0 Å². The Bertz CT molecular complexity index is 967. The third-order valence-corrected chi connectivity index (χ3v) is 4.89. The van der Waals surface area contributed by atoms with Crippen molar-refractivity contribution in [1.82, 2.24) is 14.8 Å². The molecule has 2 aromatic rings. The van der Waals surface area contributed by atoms with Gasteiger partial charge >= 0.3 is 5.97 Å². The van der Waals surface area contributed by atoms with E-state index in [0.29, 0.717) is 29.9 Å². The Hall–Kier alpha value is -3.03. The van der Waals surface area contributed by atoms with Gasteiger partial charge in [-0.1, -0.05) is 12.1 Å². The first-order chi connectivity index (χ1) is 11.9. The molecule has 0 saturated carbocycles. The molecular formula is C17H16N4O4. The van der Waals surface area contributed by atoms with E-state index in [1.54, 1.807) is 34.7 Å². The number of carbonyl (C=O) groups is 2. The van der Waals surface area contributed by atoms with Crippen LogP contribution in [0, 0.1) is 6.92 Å². The molecule has 0 spiro atoms. The molecule has 1 atom stereocenters. The van der Waals surface area contributed by atoms with Crippen LogP contribution in [0.25, 0.3) is 11.4 Å². The first-order valence-electron chi connectivity index (χ1n) is 8.07. The van der Waals surface area contributed by atoms with Crippen molar-refractivity contribution in [3.8, 4) is 11.4 Å². The number of carbonyl (C=O) groups excluding carboxylic acids is 1. The minimum absolute atomic E-state index is 0.0818. The van der Waals surface area contributed by atoms with Crippen LogP contribution in [0.3, 0.4) is 0 Å². The summed E-state index contributed by atoms with van der Waals surface area (Å²) in [5, 5.41) is 13.6. The topological polar surface area (TPSA) is 105 Å². The highest BCUT2D eigenvalue weighted by Crippen LogP contribution is 2.49. The molecule has 4 rings (SSSR count). The number of fused-ring (bicyclic) bond motifs is 6. The average molecular weight is 340 g/mol. The SMILES string of the molecule is Cc1nn2c(nc1=O)-c1ccccc1N1C(=O)CC[C@]12CCC(=O)O. The van der Waals surface area contributed by atoms with Gasteiger partial charge < -0.3 is 5.11 Å². The van der Waals surface area contributed by atoms with Gasteiger partial charge in [-0.15, -0.1) is 0 Å². The second-order valence-corrected chi connectivity index (χ2v) is 6.36. The molecule has 3 heterocycles. The van der Waals surface area contributed by atoms with Gasteiger partial charge in [0.25, 0.3) is 5.56 Å². The van der Waals surface area contributed by atoms with Gasteiger partial charge in [-0.2, -0.15) is 10.1 Å². The van der Waals surface area contributed by atoms with Gasteiger partial charge in [0.15, 0.2) is 5.82 Å². The minimum Gasteiger partial charge on any atom is -0.481 e. The molecular weight excluding hydrogens is 324 g/mol. The summed E-state index contributed by atoms with van der Waals surface area (Å²) in [6, 6.07) is 7.20. The number of amides is 1. The monoisotopic (exact) mass is 340 g/mol. The van der Waals surface area contributed by atoms with E-state index in [0.717, 1.165) is 0 Å². The molecule has 8 heteroatoms. The van der Waals surface area contributed by atoms with Gasteiger partial charge in [-0.05, 0) is 19.1 Å². The smallest absolute Gasteiger partial charge is 0.303 e. The molecule has 128 valence electrons. The lowest BCUT2D eigenvalue weighted by atomic mass is 9.95. The van der Waals surface area contributed by atoms with Crippen LogP contribution in [0.1, 0.15) is 31.4 Å². The summed E-state index contributed by atoms with van der Waals surface area (Å²) in [6.07, 6.45) is 0.808. The van der Waals surface area contributed by atoms with Gasteiger partial charge in [0.05, 0.1) is 5.69 Å². The van der Waals surface area contributed by atoms with Crippen LogP contribution in [0.2, 0.25) is 0 Å². The molecule has 8 nitrogen and oxygen atoms in total. The molecule has 1 saturated heterocycles. The van der Waals surface area contributed by atoms with E-state index in [9.17, 15) is 14.4 Å². The largest absolute Gasteiger partial charge is 0.481 e. The molecule has 0 unspecified atom stereocenters. The van der Waals surface area contributed by atoms with E-state index in [1.807, 2.05) is 6.07 Å². The summed E-state index contributed by atoms with van der Waals surface area (Å²) >= 11 is 0. The van der Waals surface area contributed by atoms with Crippen molar-refractivity contribution in [2.45, 2.75) is 38.3 Å². The number of rotatable bonds is 3. The predicted molar refractivity (Wildman–Crippen MR) is 88.0 cm³/mol. The summed E-state index contributed by atoms with van der Waals surface area (Å²) in [7, 11) is 0. The van der Waals surface area contributed by atoms with Crippen LogP contribution in [-0.4, -0.2) is 31.7 Å². The van der Waals surface area contributed by atoms with Gasteiger partial charge in [0.2, 0.25) is 5.91 Å². The highest BCUT2D eigenvalue weighted by atomic mass is 16.4. The molecule has 1 N–H and O–H groups in total. The second-order valence-electron chi connectivity index (χ2n) is 6.36. The molecule has 1 fully saturated rings. The van der Waals surface area contributed by atoms with E-state index in [2.05, 4.69) is 10.1 Å². The van der Waals surface area contributed by atoms with Crippen LogP contribution >= 0.6 is 0 Å². The van der Waals surface area contributed by atoms with Gasteiger partial charge in [0, 0.05) is 31.2 Å². The first kappa shape index (κ1) is 15.5. The number of carboxylic acids is 1. The Balaban J connectivity index is 2.04. The highest BCUT2D eigenvalue weighted by Gasteiger charge is 2.52. The number of aliphatic carboxylic acids is 1. The summed E-state index contributed by atoms with van der Waals surface area (Å²) in [6.45, 7) is 1.56. The van der Waals surface area contributed by atoms with Crippen molar-refractivity contribution in [2.75, 3.05) is 4.90 Å². The van der Waals surface area contributed by atoms with E-state index in [-0.39, 0.29) is 24.4 Å². The maximum Gasteiger partial charge on any atom is 0.303 e. The Labute approximate surface area is 142 Å². The number of aryl methyl sites for hydroxylation is 1. The van der Waals surface area contributed by atoms with Crippen LogP contribution in [0.4, 0.5) is 5.69 Å². The maximum absolute atomic E-state index is 12.6. The summed E-state index contributed by atoms with van der Waals surface area (Å²) in [5.41, 5.74) is 0.149. The van der Waals surface area contributed by atoms with Crippen LogP contribution in [0.5, 0.6) is 0 Å². The number of benzene rings is 1. The van der Waals surface area contributed by atoms with Crippen LogP contribution in [-0.2, 0) is 15.3 Å². The lowest BCUT2D eigenvalue weighted by Gasteiger charge is -2.44. The van der Waals surface area contributed by atoms with E-state index < -0.39 is 17.2 Å². The summed E-state index contributed by atoms with van der Waals surface area (Å²) in [4.78, 5) is 41.7. The molecule has 0 radical (unpaired) electrons. The van der Waals surface area contributed by atoms with Crippen LogP contribution in [0.15, 0.2) is 29.1 Å².